The Morgan fingerprint density at radius 2 is 2.27 bits per heavy atom. The molecule has 0 aromatic heterocycles. The maximum absolute atomic E-state index is 5.92. The largest absolute Gasteiger partial charge is 0.371 e. The molecule has 0 bridgehead atoms. The summed E-state index contributed by atoms with van der Waals surface area (Å²) in [5.74, 6) is 0. The summed E-state index contributed by atoms with van der Waals surface area (Å²) >= 11 is 0. The molecule has 82 valence electrons. The van der Waals surface area contributed by atoms with Gasteiger partial charge in [0.15, 0.2) is 0 Å². The van der Waals surface area contributed by atoms with Gasteiger partial charge in [-0.25, -0.2) is 0 Å². The zero-order valence-corrected chi connectivity index (χ0v) is 9.24. The van der Waals surface area contributed by atoms with Gasteiger partial charge in [0.2, 0.25) is 0 Å². The highest BCUT2D eigenvalue weighted by molar-refractivity contribution is 5.59. The first-order valence-electron chi connectivity index (χ1n) is 5.59. The minimum Gasteiger partial charge on any atom is -0.371 e. The van der Waals surface area contributed by atoms with Crippen LogP contribution in [0.2, 0.25) is 0 Å². The molecule has 3 nitrogen and oxygen atoms in total. The Balaban J connectivity index is 2.29. The van der Waals surface area contributed by atoms with Crippen LogP contribution >= 0.6 is 0 Å². The Bertz CT molecular complexity index is 349. The van der Waals surface area contributed by atoms with Crippen molar-refractivity contribution in [1.82, 2.24) is 0 Å². The fourth-order valence-corrected chi connectivity index (χ4v) is 2.19. The number of nitrogens with two attached hydrogens (primary N) is 2. The lowest BCUT2D eigenvalue weighted by molar-refractivity contribution is 0.736. The van der Waals surface area contributed by atoms with Gasteiger partial charge in [-0.1, -0.05) is 12.1 Å². The summed E-state index contributed by atoms with van der Waals surface area (Å²) in [5.41, 5.74) is 15.4. The minimum absolute atomic E-state index is 0.0222. The standard InChI is InChI=1S/C12H19N3/c1-2-15-6-5-10-7-9(11(14)8-13)3-4-12(10)15/h3-4,7,11H,2,5-6,8,13-14H2,1H3/t11-/m1/s1. The van der Waals surface area contributed by atoms with Crippen LogP contribution in [0, 0.1) is 0 Å². The third-order valence-electron chi connectivity index (χ3n) is 3.16. The average Bonchev–Trinajstić information content (AvgIpc) is 2.69. The van der Waals surface area contributed by atoms with Crippen LogP contribution in [0.25, 0.3) is 0 Å². The lowest BCUT2D eigenvalue weighted by atomic mass is 10.0. The Morgan fingerprint density at radius 1 is 1.47 bits per heavy atom. The minimum atomic E-state index is -0.0222. The number of benzene rings is 1. The smallest absolute Gasteiger partial charge is 0.0419 e. The van der Waals surface area contributed by atoms with E-state index in [-0.39, 0.29) is 6.04 Å². The number of hydrogen-bond acceptors (Lipinski definition) is 3. The highest BCUT2D eigenvalue weighted by atomic mass is 15.1. The van der Waals surface area contributed by atoms with Crippen LogP contribution in [-0.4, -0.2) is 19.6 Å². The highest BCUT2D eigenvalue weighted by Crippen LogP contribution is 2.29. The summed E-state index contributed by atoms with van der Waals surface area (Å²) in [6.07, 6.45) is 1.13. The Kier molecular flexibility index (Phi) is 2.93. The van der Waals surface area contributed by atoms with Crippen LogP contribution in [-0.2, 0) is 6.42 Å². The quantitative estimate of drug-likeness (QED) is 0.775. The van der Waals surface area contributed by atoms with Crippen molar-refractivity contribution in [3.63, 3.8) is 0 Å². The molecule has 0 unspecified atom stereocenters. The third kappa shape index (κ3) is 1.85. The lowest BCUT2D eigenvalue weighted by Crippen LogP contribution is -2.21. The first-order chi connectivity index (χ1) is 7.26. The van der Waals surface area contributed by atoms with Crippen molar-refractivity contribution in [1.29, 1.82) is 0 Å². The van der Waals surface area contributed by atoms with Gasteiger partial charge in [-0.2, -0.15) is 0 Å². The fraction of sp³-hybridized carbons (Fsp3) is 0.500. The van der Waals surface area contributed by atoms with E-state index < -0.39 is 0 Å². The number of likely N-dealkylation sites (N-methyl/N-ethyl adjacent to an activating group) is 1. The second-order valence-electron chi connectivity index (χ2n) is 4.06. The molecule has 2 rings (SSSR count). The number of rotatable bonds is 3. The van der Waals surface area contributed by atoms with Crippen LogP contribution < -0.4 is 16.4 Å². The van der Waals surface area contributed by atoms with E-state index in [1.165, 1.54) is 11.3 Å². The van der Waals surface area contributed by atoms with Gasteiger partial charge in [0.1, 0.15) is 0 Å². The molecule has 1 atom stereocenters. The van der Waals surface area contributed by atoms with E-state index in [0.717, 1.165) is 25.1 Å². The van der Waals surface area contributed by atoms with Gasteiger partial charge in [0.05, 0.1) is 0 Å². The SMILES string of the molecule is CCN1CCc2cc([C@H](N)CN)ccc21. The van der Waals surface area contributed by atoms with Gasteiger partial charge < -0.3 is 16.4 Å². The van der Waals surface area contributed by atoms with E-state index in [4.69, 9.17) is 11.5 Å². The van der Waals surface area contributed by atoms with Crippen LogP contribution in [0.1, 0.15) is 24.1 Å². The monoisotopic (exact) mass is 205 g/mol. The number of anilines is 1. The van der Waals surface area contributed by atoms with Crippen molar-refractivity contribution < 1.29 is 0 Å². The fourth-order valence-electron chi connectivity index (χ4n) is 2.19. The Labute approximate surface area is 91.1 Å². The molecule has 4 N–H and O–H groups in total. The molecule has 0 radical (unpaired) electrons. The van der Waals surface area contributed by atoms with E-state index in [9.17, 15) is 0 Å². The summed E-state index contributed by atoms with van der Waals surface area (Å²) in [4.78, 5) is 2.40. The summed E-state index contributed by atoms with van der Waals surface area (Å²) in [7, 11) is 0. The molecule has 0 spiro atoms. The average molecular weight is 205 g/mol. The van der Waals surface area contributed by atoms with Gasteiger partial charge in [-0.15, -0.1) is 0 Å². The maximum atomic E-state index is 5.92. The van der Waals surface area contributed by atoms with Gasteiger partial charge in [-0.3, -0.25) is 0 Å². The highest BCUT2D eigenvalue weighted by Gasteiger charge is 2.18. The van der Waals surface area contributed by atoms with Crippen molar-refractivity contribution in [2.45, 2.75) is 19.4 Å². The second kappa shape index (κ2) is 4.21. The second-order valence-corrected chi connectivity index (χ2v) is 4.06. The first kappa shape index (κ1) is 10.5. The van der Waals surface area contributed by atoms with E-state index in [1.807, 2.05) is 0 Å². The van der Waals surface area contributed by atoms with Crippen LogP contribution in [0.15, 0.2) is 18.2 Å². The predicted octanol–water partition coefficient (Wildman–Crippen LogP) is 1.03. The lowest BCUT2D eigenvalue weighted by Gasteiger charge is -2.17. The molecule has 3 heteroatoms. The number of nitrogens with zero attached hydrogens (tertiary/aromatic N) is 1. The topological polar surface area (TPSA) is 55.3 Å². The zero-order valence-electron chi connectivity index (χ0n) is 9.24. The molecule has 0 amide bonds. The Morgan fingerprint density at radius 3 is 2.93 bits per heavy atom. The van der Waals surface area contributed by atoms with Gasteiger partial charge in [0.25, 0.3) is 0 Å². The maximum Gasteiger partial charge on any atom is 0.0419 e. The normalized spacial score (nSPS) is 16.6. The zero-order chi connectivity index (χ0) is 10.8. The molecule has 0 saturated heterocycles. The molecular weight excluding hydrogens is 186 g/mol. The van der Waals surface area contributed by atoms with E-state index >= 15 is 0 Å². The summed E-state index contributed by atoms with van der Waals surface area (Å²) in [6.45, 7) is 4.91. The summed E-state index contributed by atoms with van der Waals surface area (Å²) in [5, 5.41) is 0. The summed E-state index contributed by atoms with van der Waals surface area (Å²) < 4.78 is 0. The van der Waals surface area contributed by atoms with E-state index in [0.29, 0.717) is 6.54 Å². The molecule has 1 aliphatic heterocycles. The first-order valence-corrected chi connectivity index (χ1v) is 5.59. The molecule has 0 aliphatic carbocycles. The molecular formula is C12H19N3. The van der Waals surface area contributed by atoms with Gasteiger partial charge in [0, 0.05) is 31.4 Å². The van der Waals surface area contributed by atoms with Crippen molar-refractivity contribution in [2.75, 3.05) is 24.5 Å². The van der Waals surface area contributed by atoms with Crippen molar-refractivity contribution >= 4 is 5.69 Å². The third-order valence-corrected chi connectivity index (χ3v) is 3.16. The molecule has 0 saturated carbocycles. The number of fused-ring (bicyclic) bond motifs is 1. The summed E-state index contributed by atoms with van der Waals surface area (Å²) in [6, 6.07) is 6.47. The van der Waals surface area contributed by atoms with Gasteiger partial charge in [-0.05, 0) is 30.5 Å². The molecule has 0 fully saturated rings. The van der Waals surface area contributed by atoms with Crippen LogP contribution in [0.4, 0.5) is 5.69 Å². The molecule has 1 aromatic carbocycles. The van der Waals surface area contributed by atoms with Gasteiger partial charge >= 0.3 is 0 Å². The molecule has 1 heterocycles. The number of hydrogen-bond donors (Lipinski definition) is 2. The van der Waals surface area contributed by atoms with E-state index in [2.05, 4.69) is 30.0 Å². The van der Waals surface area contributed by atoms with Crippen molar-refractivity contribution in [3.8, 4) is 0 Å². The molecule has 1 aromatic rings. The predicted molar refractivity (Wildman–Crippen MR) is 64.0 cm³/mol. The van der Waals surface area contributed by atoms with Crippen LogP contribution in [0.3, 0.4) is 0 Å². The Hall–Kier alpha value is -1.06. The van der Waals surface area contributed by atoms with E-state index in [1.54, 1.807) is 0 Å². The van der Waals surface area contributed by atoms with Crippen LogP contribution in [0.5, 0.6) is 0 Å². The molecule has 1 aliphatic rings. The van der Waals surface area contributed by atoms with Crippen molar-refractivity contribution in [3.05, 3.63) is 29.3 Å². The molecule has 15 heavy (non-hydrogen) atoms. The van der Waals surface area contributed by atoms with Crippen molar-refractivity contribution in [2.24, 2.45) is 11.5 Å².